The average molecular weight is 211 g/mol. The second kappa shape index (κ2) is 4.39. The fourth-order valence-corrected chi connectivity index (χ4v) is 2.27. The van der Waals surface area contributed by atoms with Crippen LogP contribution in [-0.4, -0.2) is 23.6 Å². The van der Waals surface area contributed by atoms with E-state index in [4.69, 9.17) is 10.9 Å². The quantitative estimate of drug-likeness (QED) is 0.267. The van der Waals surface area contributed by atoms with Crippen molar-refractivity contribution >= 4 is 5.84 Å². The molecule has 0 aliphatic heterocycles. The predicted molar refractivity (Wildman–Crippen MR) is 59.8 cm³/mol. The standard InChI is InChI=1S/C11H21N3O/c1-7(11(12)14-15)13-6-10(8-2-3-8)9-4-5-9/h7-10,13,15H,2-6H2,1H3,(H2,12,14). The molecule has 2 saturated carbocycles. The minimum Gasteiger partial charge on any atom is -0.409 e. The van der Waals surface area contributed by atoms with E-state index < -0.39 is 0 Å². The number of rotatable bonds is 6. The van der Waals surface area contributed by atoms with Gasteiger partial charge in [0.1, 0.15) is 0 Å². The maximum absolute atomic E-state index is 8.54. The molecule has 15 heavy (non-hydrogen) atoms. The van der Waals surface area contributed by atoms with Gasteiger partial charge in [-0.1, -0.05) is 5.16 Å². The second-order valence-electron chi connectivity index (χ2n) is 4.99. The van der Waals surface area contributed by atoms with Crippen LogP contribution in [0.3, 0.4) is 0 Å². The first-order chi connectivity index (χ1) is 7.22. The molecule has 2 fully saturated rings. The first-order valence-corrected chi connectivity index (χ1v) is 5.93. The molecule has 2 rings (SSSR count). The summed E-state index contributed by atoms with van der Waals surface area (Å²) < 4.78 is 0. The fourth-order valence-electron chi connectivity index (χ4n) is 2.27. The monoisotopic (exact) mass is 211 g/mol. The van der Waals surface area contributed by atoms with E-state index >= 15 is 0 Å². The van der Waals surface area contributed by atoms with Gasteiger partial charge in [0.2, 0.25) is 0 Å². The van der Waals surface area contributed by atoms with Crippen molar-refractivity contribution in [2.45, 2.75) is 38.6 Å². The third kappa shape index (κ3) is 2.84. The van der Waals surface area contributed by atoms with Crippen LogP contribution in [0.1, 0.15) is 32.6 Å². The normalized spacial score (nSPS) is 24.5. The molecule has 2 aliphatic carbocycles. The first kappa shape index (κ1) is 10.7. The molecule has 0 spiro atoms. The summed E-state index contributed by atoms with van der Waals surface area (Å²) in [5, 5.41) is 14.9. The Balaban J connectivity index is 1.75. The van der Waals surface area contributed by atoms with Crippen molar-refractivity contribution < 1.29 is 5.21 Å². The van der Waals surface area contributed by atoms with Crippen LogP contribution in [-0.2, 0) is 0 Å². The lowest BCUT2D eigenvalue weighted by Gasteiger charge is -2.19. The van der Waals surface area contributed by atoms with Crippen molar-refractivity contribution in [1.82, 2.24) is 5.32 Å². The molecule has 0 saturated heterocycles. The zero-order chi connectivity index (χ0) is 10.8. The van der Waals surface area contributed by atoms with Gasteiger partial charge in [-0.15, -0.1) is 0 Å². The molecule has 86 valence electrons. The van der Waals surface area contributed by atoms with Crippen LogP contribution in [0, 0.1) is 17.8 Å². The van der Waals surface area contributed by atoms with E-state index in [0.717, 1.165) is 24.3 Å². The molecule has 0 amide bonds. The summed E-state index contributed by atoms with van der Waals surface area (Å²) in [4.78, 5) is 0. The fraction of sp³-hybridized carbons (Fsp3) is 0.909. The number of hydrogen-bond donors (Lipinski definition) is 3. The Labute approximate surface area is 90.9 Å². The van der Waals surface area contributed by atoms with E-state index in [0.29, 0.717) is 0 Å². The molecule has 4 nitrogen and oxygen atoms in total. The van der Waals surface area contributed by atoms with Gasteiger partial charge in [0.25, 0.3) is 0 Å². The maximum atomic E-state index is 8.54. The second-order valence-corrected chi connectivity index (χ2v) is 4.99. The molecule has 4 N–H and O–H groups in total. The summed E-state index contributed by atoms with van der Waals surface area (Å²) in [6.45, 7) is 2.96. The molecule has 0 heterocycles. The van der Waals surface area contributed by atoms with Gasteiger partial charge in [-0.2, -0.15) is 0 Å². The van der Waals surface area contributed by atoms with Gasteiger partial charge in [-0.25, -0.2) is 0 Å². The van der Waals surface area contributed by atoms with E-state index in [1.54, 1.807) is 0 Å². The van der Waals surface area contributed by atoms with E-state index in [1.807, 2.05) is 6.92 Å². The van der Waals surface area contributed by atoms with Crippen molar-refractivity contribution in [3.63, 3.8) is 0 Å². The number of oxime groups is 1. The van der Waals surface area contributed by atoms with Crippen molar-refractivity contribution in [3.05, 3.63) is 0 Å². The van der Waals surface area contributed by atoms with Gasteiger partial charge >= 0.3 is 0 Å². The maximum Gasteiger partial charge on any atom is 0.156 e. The summed E-state index contributed by atoms with van der Waals surface area (Å²) in [5.74, 6) is 3.01. The lowest BCUT2D eigenvalue weighted by molar-refractivity contribution is 0.313. The van der Waals surface area contributed by atoms with Crippen LogP contribution in [0.4, 0.5) is 0 Å². The molecule has 0 aromatic heterocycles. The molecule has 2 aliphatic rings. The van der Waals surface area contributed by atoms with Crippen molar-refractivity contribution in [2.75, 3.05) is 6.54 Å². The van der Waals surface area contributed by atoms with Gasteiger partial charge in [-0.05, 0) is 56.9 Å². The Kier molecular flexibility index (Phi) is 3.14. The van der Waals surface area contributed by atoms with E-state index in [-0.39, 0.29) is 11.9 Å². The van der Waals surface area contributed by atoms with Gasteiger partial charge in [0.15, 0.2) is 5.84 Å². The van der Waals surface area contributed by atoms with Crippen LogP contribution in [0.15, 0.2) is 5.16 Å². The third-order valence-corrected chi connectivity index (χ3v) is 3.67. The Morgan fingerprint density at radius 2 is 1.93 bits per heavy atom. The van der Waals surface area contributed by atoms with E-state index in [1.165, 1.54) is 25.7 Å². The Morgan fingerprint density at radius 3 is 2.33 bits per heavy atom. The molecular formula is C11H21N3O. The predicted octanol–water partition coefficient (Wildman–Crippen LogP) is 1.15. The van der Waals surface area contributed by atoms with Crippen LogP contribution < -0.4 is 11.1 Å². The number of nitrogens with one attached hydrogen (secondary N) is 1. The zero-order valence-electron chi connectivity index (χ0n) is 9.32. The third-order valence-electron chi connectivity index (χ3n) is 3.67. The van der Waals surface area contributed by atoms with Crippen LogP contribution in [0.5, 0.6) is 0 Å². The van der Waals surface area contributed by atoms with E-state index in [9.17, 15) is 0 Å². The molecule has 1 unspecified atom stereocenters. The molecule has 1 atom stereocenters. The summed E-state index contributed by atoms with van der Waals surface area (Å²) in [7, 11) is 0. The van der Waals surface area contributed by atoms with E-state index in [2.05, 4.69) is 10.5 Å². The number of nitrogens with two attached hydrogens (primary N) is 1. The minimum absolute atomic E-state index is 0.0185. The first-order valence-electron chi connectivity index (χ1n) is 5.93. The largest absolute Gasteiger partial charge is 0.409 e. The zero-order valence-corrected chi connectivity index (χ0v) is 9.32. The molecular weight excluding hydrogens is 190 g/mol. The van der Waals surface area contributed by atoms with Crippen LogP contribution in [0.2, 0.25) is 0 Å². The highest BCUT2D eigenvalue weighted by atomic mass is 16.4. The number of nitrogens with zero attached hydrogens (tertiary/aromatic N) is 1. The summed E-state index contributed by atoms with van der Waals surface area (Å²) in [6, 6.07) is -0.0185. The van der Waals surface area contributed by atoms with Gasteiger partial charge in [0, 0.05) is 0 Å². The summed E-state index contributed by atoms with van der Waals surface area (Å²) in [5.41, 5.74) is 5.52. The Bertz CT molecular complexity index is 234. The summed E-state index contributed by atoms with van der Waals surface area (Å²) in [6.07, 6.45) is 5.61. The smallest absolute Gasteiger partial charge is 0.156 e. The lowest BCUT2D eigenvalue weighted by Crippen LogP contribution is -2.41. The molecule has 0 bridgehead atoms. The lowest BCUT2D eigenvalue weighted by atomic mass is 9.97. The van der Waals surface area contributed by atoms with Crippen LogP contribution >= 0.6 is 0 Å². The Morgan fingerprint density at radius 1 is 1.40 bits per heavy atom. The topological polar surface area (TPSA) is 70.6 Å². The van der Waals surface area contributed by atoms with Crippen LogP contribution in [0.25, 0.3) is 0 Å². The molecule has 4 heteroatoms. The van der Waals surface area contributed by atoms with Crippen molar-refractivity contribution in [1.29, 1.82) is 0 Å². The molecule has 0 radical (unpaired) electrons. The highest BCUT2D eigenvalue weighted by molar-refractivity contribution is 5.84. The number of amidine groups is 1. The van der Waals surface area contributed by atoms with Crippen molar-refractivity contribution in [2.24, 2.45) is 28.6 Å². The molecule has 0 aromatic carbocycles. The highest BCUT2D eigenvalue weighted by Gasteiger charge is 2.41. The van der Waals surface area contributed by atoms with Gasteiger partial charge in [0.05, 0.1) is 6.04 Å². The van der Waals surface area contributed by atoms with Gasteiger partial charge < -0.3 is 16.3 Å². The summed E-state index contributed by atoms with van der Waals surface area (Å²) >= 11 is 0. The van der Waals surface area contributed by atoms with Crippen molar-refractivity contribution in [3.8, 4) is 0 Å². The van der Waals surface area contributed by atoms with Gasteiger partial charge in [-0.3, -0.25) is 0 Å². The Hall–Kier alpha value is -0.770. The average Bonchev–Trinajstić information content (AvgIpc) is 3.07. The minimum atomic E-state index is -0.0185. The SMILES string of the molecule is CC(NCC(C1CC1)C1CC1)C(N)=NO. The number of hydrogen-bond acceptors (Lipinski definition) is 3. The highest BCUT2D eigenvalue weighted by Crippen LogP contribution is 2.48. The molecule has 0 aromatic rings.